The number of aryl methyl sites for hydroxylation is 1. The van der Waals surface area contributed by atoms with Crippen molar-refractivity contribution in [3.05, 3.63) is 10.6 Å². The molecular formula is C10H15N3O3S. The highest BCUT2D eigenvalue weighted by Gasteiger charge is 2.33. The molecule has 1 heterocycles. The lowest BCUT2D eigenvalue weighted by Gasteiger charge is -2.24. The zero-order chi connectivity index (χ0) is 13.2. The quantitative estimate of drug-likeness (QED) is 0.746. The molecule has 7 heteroatoms. The summed E-state index contributed by atoms with van der Waals surface area (Å²) in [5, 5.41) is 11.8. The zero-order valence-electron chi connectivity index (χ0n) is 9.90. The topological polar surface area (TPSA) is 105 Å². The van der Waals surface area contributed by atoms with Crippen molar-refractivity contribution in [3.63, 3.8) is 0 Å². The Morgan fingerprint density at radius 3 is 2.53 bits per heavy atom. The van der Waals surface area contributed by atoms with Crippen LogP contribution in [-0.2, 0) is 4.79 Å². The molecule has 1 amide bonds. The number of carbonyl (C=O) groups excluding carboxylic acids is 1. The lowest BCUT2D eigenvalue weighted by Crippen LogP contribution is -2.51. The van der Waals surface area contributed by atoms with Gasteiger partial charge in [0.15, 0.2) is 5.13 Å². The Hall–Kier alpha value is -1.63. The maximum atomic E-state index is 11.9. The maximum absolute atomic E-state index is 11.9. The number of carboxylic acid groups (broad SMARTS) is 1. The third-order valence-electron chi connectivity index (χ3n) is 2.59. The number of nitrogens with one attached hydrogen (secondary N) is 1. The van der Waals surface area contributed by atoms with Crippen molar-refractivity contribution in [2.45, 2.75) is 32.7 Å². The van der Waals surface area contributed by atoms with Crippen LogP contribution in [0.1, 0.15) is 35.6 Å². The van der Waals surface area contributed by atoms with Gasteiger partial charge in [0.1, 0.15) is 10.4 Å². The van der Waals surface area contributed by atoms with E-state index in [1.807, 2.05) is 0 Å². The number of rotatable bonds is 4. The van der Waals surface area contributed by atoms with Crippen LogP contribution in [0.4, 0.5) is 5.13 Å². The lowest BCUT2D eigenvalue weighted by atomic mass is 9.99. The van der Waals surface area contributed by atoms with Crippen LogP contribution in [0, 0.1) is 6.92 Å². The molecule has 1 atom stereocenters. The highest BCUT2D eigenvalue weighted by atomic mass is 32.1. The predicted molar refractivity (Wildman–Crippen MR) is 65.1 cm³/mol. The van der Waals surface area contributed by atoms with E-state index in [2.05, 4.69) is 10.3 Å². The van der Waals surface area contributed by atoms with Gasteiger partial charge in [-0.2, -0.15) is 0 Å². The predicted octanol–water partition coefficient (Wildman–Crippen LogP) is 1.02. The van der Waals surface area contributed by atoms with Crippen LogP contribution in [0.2, 0.25) is 0 Å². The number of amides is 1. The largest absolute Gasteiger partial charge is 0.480 e. The van der Waals surface area contributed by atoms with Crippen LogP contribution in [0.25, 0.3) is 0 Å². The fraction of sp³-hybridized carbons (Fsp3) is 0.500. The van der Waals surface area contributed by atoms with Crippen LogP contribution < -0.4 is 11.1 Å². The van der Waals surface area contributed by atoms with Gasteiger partial charge in [-0.25, -0.2) is 9.78 Å². The standard InChI is InChI=1S/C10H15N3O3S/c1-4-10(3,8(15)16)13-7(14)6-5(2)12-9(11)17-6/h4H2,1-3H3,(H2,11,12)(H,13,14)(H,15,16). The summed E-state index contributed by atoms with van der Waals surface area (Å²) in [7, 11) is 0. The molecule has 0 aliphatic carbocycles. The Kier molecular flexibility index (Phi) is 3.72. The molecule has 1 aromatic rings. The van der Waals surface area contributed by atoms with E-state index in [1.54, 1.807) is 13.8 Å². The number of nitrogen functional groups attached to an aromatic ring is 1. The van der Waals surface area contributed by atoms with Crippen molar-refractivity contribution < 1.29 is 14.7 Å². The van der Waals surface area contributed by atoms with Crippen LogP contribution >= 0.6 is 11.3 Å². The van der Waals surface area contributed by atoms with Gasteiger partial charge in [0, 0.05) is 0 Å². The molecule has 0 saturated carbocycles. The molecule has 0 radical (unpaired) electrons. The Bertz CT molecular complexity index is 458. The minimum atomic E-state index is -1.28. The Labute approximate surface area is 103 Å². The number of carbonyl (C=O) groups is 2. The van der Waals surface area contributed by atoms with Crippen LogP contribution in [0.5, 0.6) is 0 Å². The first-order valence-electron chi connectivity index (χ1n) is 5.09. The summed E-state index contributed by atoms with van der Waals surface area (Å²) in [6, 6.07) is 0. The van der Waals surface area contributed by atoms with Gasteiger partial charge >= 0.3 is 5.97 Å². The summed E-state index contributed by atoms with van der Waals surface area (Å²) in [4.78, 5) is 27.2. The number of thiazole rings is 1. The first kappa shape index (κ1) is 13.4. The van der Waals surface area contributed by atoms with E-state index in [0.29, 0.717) is 22.1 Å². The molecule has 0 aromatic carbocycles. The highest BCUT2D eigenvalue weighted by molar-refractivity contribution is 7.17. The molecule has 0 fully saturated rings. The second kappa shape index (κ2) is 4.70. The molecule has 0 aliphatic rings. The normalized spacial score (nSPS) is 14.1. The number of nitrogens with two attached hydrogens (primary N) is 1. The number of carboxylic acids is 1. The van der Waals surface area contributed by atoms with Crippen LogP contribution in [0.15, 0.2) is 0 Å². The Balaban J connectivity index is 2.93. The summed E-state index contributed by atoms with van der Waals surface area (Å²) >= 11 is 1.05. The van der Waals surface area contributed by atoms with E-state index in [9.17, 15) is 9.59 Å². The van der Waals surface area contributed by atoms with Crippen LogP contribution in [-0.4, -0.2) is 27.5 Å². The van der Waals surface area contributed by atoms with E-state index in [1.165, 1.54) is 6.92 Å². The van der Waals surface area contributed by atoms with E-state index >= 15 is 0 Å². The average Bonchev–Trinajstić information content (AvgIpc) is 2.57. The number of hydrogen-bond acceptors (Lipinski definition) is 5. The first-order chi connectivity index (χ1) is 7.80. The molecule has 1 rings (SSSR count). The summed E-state index contributed by atoms with van der Waals surface area (Å²) in [6.07, 6.45) is 0.293. The lowest BCUT2D eigenvalue weighted by molar-refractivity contribution is -0.143. The van der Waals surface area contributed by atoms with Gasteiger partial charge in [-0.3, -0.25) is 4.79 Å². The van der Waals surface area contributed by atoms with Crippen molar-refractivity contribution in [1.82, 2.24) is 10.3 Å². The smallest absolute Gasteiger partial charge is 0.329 e. The summed E-state index contributed by atoms with van der Waals surface area (Å²) < 4.78 is 0. The van der Waals surface area contributed by atoms with E-state index in [4.69, 9.17) is 10.8 Å². The van der Waals surface area contributed by atoms with Gasteiger partial charge in [-0.1, -0.05) is 18.3 Å². The monoisotopic (exact) mass is 257 g/mol. The first-order valence-corrected chi connectivity index (χ1v) is 5.90. The Morgan fingerprint density at radius 2 is 2.18 bits per heavy atom. The SMILES string of the molecule is CCC(C)(NC(=O)c1sc(N)nc1C)C(=O)O. The van der Waals surface area contributed by atoms with Gasteiger partial charge < -0.3 is 16.2 Å². The number of hydrogen-bond donors (Lipinski definition) is 3. The molecule has 17 heavy (non-hydrogen) atoms. The second-order valence-corrected chi connectivity index (χ2v) is 4.94. The third kappa shape index (κ3) is 2.73. The van der Waals surface area contributed by atoms with Crippen molar-refractivity contribution in [3.8, 4) is 0 Å². The summed E-state index contributed by atoms with van der Waals surface area (Å²) in [5.74, 6) is -1.52. The molecule has 1 aromatic heterocycles. The minimum absolute atomic E-state index is 0.293. The molecule has 4 N–H and O–H groups in total. The van der Waals surface area contributed by atoms with Crippen molar-refractivity contribution in [1.29, 1.82) is 0 Å². The van der Waals surface area contributed by atoms with Gasteiger partial charge in [0.05, 0.1) is 5.69 Å². The number of aromatic nitrogens is 1. The molecule has 0 bridgehead atoms. The maximum Gasteiger partial charge on any atom is 0.329 e. The van der Waals surface area contributed by atoms with Gasteiger partial charge in [0.25, 0.3) is 5.91 Å². The molecule has 0 saturated heterocycles. The second-order valence-electron chi connectivity index (χ2n) is 3.91. The van der Waals surface area contributed by atoms with Gasteiger partial charge in [-0.05, 0) is 20.3 Å². The highest BCUT2D eigenvalue weighted by Crippen LogP contribution is 2.21. The number of nitrogens with zero attached hydrogens (tertiary/aromatic N) is 1. The van der Waals surface area contributed by atoms with Crippen LogP contribution in [0.3, 0.4) is 0 Å². The van der Waals surface area contributed by atoms with Crippen molar-refractivity contribution in [2.75, 3.05) is 5.73 Å². The van der Waals surface area contributed by atoms with E-state index in [-0.39, 0.29) is 0 Å². The molecule has 0 spiro atoms. The fourth-order valence-corrected chi connectivity index (χ4v) is 1.96. The third-order valence-corrected chi connectivity index (χ3v) is 3.57. The molecule has 6 nitrogen and oxygen atoms in total. The van der Waals surface area contributed by atoms with Crippen molar-refractivity contribution >= 4 is 28.3 Å². The number of aliphatic carboxylic acids is 1. The van der Waals surface area contributed by atoms with E-state index < -0.39 is 17.4 Å². The summed E-state index contributed by atoms with van der Waals surface area (Å²) in [6.45, 7) is 4.82. The summed E-state index contributed by atoms with van der Waals surface area (Å²) in [5.41, 5.74) is 4.72. The van der Waals surface area contributed by atoms with E-state index in [0.717, 1.165) is 11.3 Å². The number of anilines is 1. The Morgan fingerprint density at radius 1 is 1.59 bits per heavy atom. The fourth-order valence-electron chi connectivity index (χ4n) is 1.23. The average molecular weight is 257 g/mol. The zero-order valence-corrected chi connectivity index (χ0v) is 10.7. The molecule has 1 unspecified atom stereocenters. The molecule has 0 aliphatic heterocycles. The van der Waals surface area contributed by atoms with Gasteiger partial charge in [-0.15, -0.1) is 0 Å². The minimum Gasteiger partial charge on any atom is -0.480 e. The molecule has 94 valence electrons. The molecular weight excluding hydrogens is 242 g/mol. The van der Waals surface area contributed by atoms with Crippen molar-refractivity contribution in [2.24, 2.45) is 0 Å². The van der Waals surface area contributed by atoms with Gasteiger partial charge in [0.2, 0.25) is 0 Å².